The monoisotopic (exact) mass is 890 g/mol. The van der Waals surface area contributed by atoms with Gasteiger partial charge in [0.15, 0.2) is 0 Å². The predicted molar refractivity (Wildman–Crippen MR) is 283 cm³/mol. The average Bonchev–Trinajstić information content (AvgIpc) is 3.69. The molecule has 11 rings (SSSR count). The van der Waals surface area contributed by atoms with Gasteiger partial charge < -0.3 is 20.8 Å². The average molecular weight is 891 g/mol. The highest BCUT2D eigenvalue weighted by Crippen LogP contribution is 2.60. The molecule has 0 spiro atoms. The van der Waals surface area contributed by atoms with E-state index in [1.807, 2.05) is 12.1 Å². The zero-order chi connectivity index (χ0) is 47.8. The number of fused-ring (bicyclic) bond motifs is 8. The standard InChI is InChI=1S/C64H62N2O2/c1-59(2,3)63(67)51-33-29-42(66-58-26-18-14-20-44(58)40-28-32-48-46-22-12-16-24-50(46)62(9,10)54(48)36-40)38-56(51)64(68,60(4,5)6)52-34-30-41(37-55(52)63)65-57-25-17-13-19-43(57)39-27-31-47-45-21-11-15-23-49(45)61(7,8)53(47)35-39/h11-38,65-68H,1-10H3. The second-order valence-corrected chi connectivity index (χ2v) is 22.6. The number of anilines is 4. The SMILES string of the molecule is CC1(C)c2ccccc2-c2ccc(-c3ccccc3Nc3ccc4c(c3)C(O)(C(C)(C)C)c3ccc(Nc5ccccc5-c5ccc6c(c5)C(C)(C)c5ccccc5-6)cc3C4(O)C(C)(C)C)cc21. The summed E-state index contributed by atoms with van der Waals surface area (Å²) in [5.41, 5.74) is 17.0. The Morgan fingerprint density at radius 1 is 0.324 bits per heavy atom. The van der Waals surface area contributed by atoms with Crippen LogP contribution in [0.15, 0.2) is 170 Å². The van der Waals surface area contributed by atoms with Crippen LogP contribution < -0.4 is 10.6 Å². The van der Waals surface area contributed by atoms with Crippen LogP contribution in [0.25, 0.3) is 44.5 Å². The van der Waals surface area contributed by atoms with Crippen molar-refractivity contribution in [3.63, 3.8) is 0 Å². The number of hydrogen-bond acceptors (Lipinski definition) is 4. The molecular weight excluding hydrogens is 829 g/mol. The van der Waals surface area contributed by atoms with E-state index in [2.05, 4.69) is 238 Å². The first kappa shape index (κ1) is 43.8. The fourth-order valence-corrected chi connectivity index (χ4v) is 12.1. The lowest BCUT2D eigenvalue weighted by Crippen LogP contribution is -2.53. The van der Waals surface area contributed by atoms with Crippen LogP contribution in [-0.4, -0.2) is 10.2 Å². The molecule has 0 saturated heterocycles. The van der Waals surface area contributed by atoms with Crippen LogP contribution >= 0.6 is 0 Å². The van der Waals surface area contributed by atoms with Crippen molar-refractivity contribution >= 4 is 22.7 Å². The van der Waals surface area contributed by atoms with Gasteiger partial charge in [-0.1, -0.05) is 191 Å². The molecule has 3 aliphatic rings. The van der Waals surface area contributed by atoms with Crippen molar-refractivity contribution in [2.75, 3.05) is 10.6 Å². The quantitative estimate of drug-likeness (QED) is 0.134. The molecule has 68 heavy (non-hydrogen) atoms. The minimum absolute atomic E-state index is 0.115. The summed E-state index contributed by atoms with van der Waals surface area (Å²) in [4.78, 5) is 0. The highest BCUT2D eigenvalue weighted by molar-refractivity contribution is 5.89. The summed E-state index contributed by atoms with van der Waals surface area (Å²) in [6.07, 6.45) is 0. The molecule has 8 aromatic carbocycles. The van der Waals surface area contributed by atoms with Crippen molar-refractivity contribution in [2.24, 2.45) is 10.8 Å². The summed E-state index contributed by atoms with van der Waals surface area (Å²) in [6, 6.07) is 60.4. The molecule has 0 aromatic heterocycles. The first-order chi connectivity index (χ1) is 32.2. The largest absolute Gasteiger partial charge is 0.380 e. The number of benzene rings is 8. The Hall–Kier alpha value is -6.72. The van der Waals surface area contributed by atoms with Gasteiger partial charge in [0.05, 0.1) is 0 Å². The van der Waals surface area contributed by atoms with Gasteiger partial charge >= 0.3 is 0 Å². The van der Waals surface area contributed by atoms with Gasteiger partial charge in [-0.05, 0) is 137 Å². The van der Waals surface area contributed by atoms with Crippen LogP contribution in [0, 0.1) is 10.8 Å². The van der Waals surface area contributed by atoms with Crippen molar-refractivity contribution in [1.82, 2.24) is 0 Å². The van der Waals surface area contributed by atoms with E-state index in [1.54, 1.807) is 0 Å². The lowest BCUT2D eigenvalue weighted by atomic mass is 9.55. The first-order valence-corrected chi connectivity index (χ1v) is 24.2. The van der Waals surface area contributed by atoms with Crippen molar-refractivity contribution in [1.29, 1.82) is 0 Å². The molecule has 0 fully saturated rings. The zero-order valence-corrected chi connectivity index (χ0v) is 41.1. The van der Waals surface area contributed by atoms with E-state index in [0.717, 1.165) is 45.0 Å². The maximum Gasteiger partial charge on any atom is 0.120 e. The van der Waals surface area contributed by atoms with E-state index in [9.17, 15) is 10.2 Å². The lowest BCUT2D eigenvalue weighted by Gasteiger charge is -2.54. The zero-order valence-electron chi connectivity index (χ0n) is 41.1. The van der Waals surface area contributed by atoms with E-state index < -0.39 is 22.0 Å². The number of rotatable bonds is 6. The normalized spacial score (nSPS) is 19.2. The molecule has 3 aliphatic carbocycles. The highest BCUT2D eigenvalue weighted by Gasteiger charge is 2.58. The molecule has 0 bridgehead atoms. The van der Waals surface area contributed by atoms with Crippen LogP contribution in [0.1, 0.15) is 114 Å². The van der Waals surface area contributed by atoms with Gasteiger partial charge in [0.25, 0.3) is 0 Å². The molecule has 0 aliphatic heterocycles. The summed E-state index contributed by atoms with van der Waals surface area (Å²) in [5, 5.41) is 34.7. The third kappa shape index (κ3) is 6.26. The minimum atomic E-state index is -1.46. The predicted octanol–water partition coefficient (Wildman–Crippen LogP) is 16.0. The third-order valence-corrected chi connectivity index (χ3v) is 16.0. The molecule has 4 heteroatoms. The molecule has 8 aromatic rings. The van der Waals surface area contributed by atoms with Crippen LogP contribution in [-0.2, 0) is 22.0 Å². The maximum atomic E-state index is 13.5. The summed E-state index contributed by atoms with van der Waals surface area (Å²) < 4.78 is 0. The van der Waals surface area contributed by atoms with Crippen molar-refractivity contribution < 1.29 is 10.2 Å². The highest BCUT2D eigenvalue weighted by atomic mass is 16.3. The number of para-hydroxylation sites is 2. The van der Waals surface area contributed by atoms with E-state index in [0.29, 0.717) is 22.3 Å². The number of nitrogens with one attached hydrogen (secondary N) is 2. The first-order valence-electron chi connectivity index (χ1n) is 24.2. The summed E-state index contributed by atoms with van der Waals surface area (Å²) in [5.74, 6) is 0. The molecular formula is C64H62N2O2. The Morgan fingerprint density at radius 2 is 0.662 bits per heavy atom. The van der Waals surface area contributed by atoms with Gasteiger partial charge in [0, 0.05) is 44.7 Å². The Balaban J connectivity index is 0.972. The molecule has 0 heterocycles. The van der Waals surface area contributed by atoms with Crippen molar-refractivity contribution in [3.05, 3.63) is 214 Å². The number of hydrogen-bond donors (Lipinski definition) is 4. The lowest BCUT2D eigenvalue weighted by molar-refractivity contribution is -0.0701. The molecule has 340 valence electrons. The Kier molecular flexibility index (Phi) is 9.60. The second kappa shape index (κ2) is 14.9. The molecule has 0 amide bonds. The molecule has 2 atom stereocenters. The van der Waals surface area contributed by atoms with Crippen molar-refractivity contribution in [2.45, 2.75) is 91.3 Å². The van der Waals surface area contributed by atoms with E-state index in [-0.39, 0.29) is 10.8 Å². The Labute approximate surface area is 402 Å². The Bertz CT molecular complexity index is 3140. The van der Waals surface area contributed by atoms with Gasteiger partial charge in [-0.3, -0.25) is 0 Å². The van der Waals surface area contributed by atoms with Gasteiger partial charge in [-0.2, -0.15) is 0 Å². The fourth-order valence-electron chi connectivity index (χ4n) is 12.1. The summed E-state index contributed by atoms with van der Waals surface area (Å²) in [6.45, 7) is 21.8. The van der Waals surface area contributed by atoms with Gasteiger partial charge in [0.1, 0.15) is 11.2 Å². The van der Waals surface area contributed by atoms with Gasteiger partial charge in [0.2, 0.25) is 0 Å². The van der Waals surface area contributed by atoms with E-state index in [1.165, 1.54) is 44.5 Å². The van der Waals surface area contributed by atoms with E-state index >= 15 is 0 Å². The minimum Gasteiger partial charge on any atom is -0.380 e. The third-order valence-electron chi connectivity index (χ3n) is 16.0. The smallest absolute Gasteiger partial charge is 0.120 e. The van der Waals surface area contributed by atoms with Crippen LogP contribution in [0.2, 0.25) is 0 Å². The molecule has 0 saturated carbocycles. The number of aliphatic hydroxyl groups is 2. The van der Waals surface area contributed by atoms with Crippen LogP contribution in [0.3, 0.4) is 0 Å². The molecule has 4 nitrogen and oxygen atoms in total. The second-order valence-electron chi connectivity index (χ2n) is 22.6. The fraction of sp³-hybridized carbons (Fsp3) is 0.250. The maximum absolute atomic E-state index is 13.5. The molecule has 4 N–H and O–H groups in total. The van der Waals surface area contributed by atoms with Crippen molar-refractivity contribution in [3.8, 4) is 44.5 Å². The van der Waals surface area contributed by atoms with Gasteiger partial charge in [-0.15, -0.1) is 0 Å². The summed E-state index contributed by atoms with van der Waals surface area (Å²) in [7, 11) is 0. The molecule has 0 radical (unpaired) electrons. The van der Waals surface area contributed by atoms with E-state index in [4.69, 9.17) is 0 Å². The van der Waals surface area contributed by atoms with Crippen LogP contribution in [0.5, 0.6) is 0 Å². The Morgan fingerprint density at radius 3 is 1.04 bits per heavy atom. The summed E-state index contributed by atoms with van der Waals surface area (Å²) >= 11 is 0. The molecule has 2 unspecified atom stereocenters. The van der Waals surface area contributed by atoms with Gasteiger partial charge in [-0.25, -0.2) is 0 Å². The van der Waals surface area contributed by atoms with Crippen LogP contribution in [0.4, 0.5) is 22.7 Å². The topological polar surface area (TPSA) is 64.5 Å².